The highest BCUT2D eigenvalue weighted by Crippen LogP contribution is 2.18. The van der Waals surface area contributed by atoms with E-state index in [-0.39, 0.29) is 42.2 Å². The molecular formula is C29H36N6O4S. The summed E-state index contributed by atoms with van der Waals surface area (Å²) in [4.78, 5) is 28.0. The Kier molecular flexibility index (Phi) is 9.86. The maximum Gasteiger partial charge on any atom is 0.245 e. The number of amides is 2. The first-order valence-electron chi connectivity index (χ1n) is 13.4. The van der Waals surface area contributed by atoms with Crippen LogP contribution in [0.4, 0.5) is 0 Å². The van der Waals surface area contributed by atoms with E-state index in [2.05, 4.69) is 15.4 Å². The Hall–Kier alpha value is -3.80. The van der Waals surface area contributed by atoms with E-state index in [1.807, 2.05) is 24.3 Å². The number of hydrogen-bond acceptors (Lipinski definition) is 6. The molecule has 1 fully saturated rings. The normalized spacial score (nSPS) is 14.6. The Morgan fingerprint density at radius 2 is 1.62 bits per heavy atom. The highest BCUT2D eigenvalue weighted by Gasteiger charge is 2.27. The largest absolute Gasteiger partial charge is 0.384 e. The van der Waals surface area contributed by atoms with Crippen LogP contribution in [0.2, 0.25) is 0 Å². The number of hydrogen-bond donors (Lipinski definition) is 5. The smallest absolute Gasteiger partial charge is 0.245 e. The number of fused-ring (bicyclic) bond motifs is 1. The molecule has 1 aliphatic heterocycles. The Labute approximate surface area is 234 Å². The monoisotopic (exact) mass is 564 g/mol. The number of likely N-dealkylation sites (tertiary alicyclic amines) is 1. The molecule has 4 rings (SSSR count). The molecule has 6 N–H and O–H groups in total. The number of rotatable bonds is 12. The molecule has 1 heterocycles. The van der Waals surface area contributed by atoms with Crippen LogP contribution in [0.5, 0.6) is 0 Å². The summed E-state index contributed by atoms with van der Waals surface area (Å²) in [5, 5.41) is 15.1. The fourth-order valence-corrected chi connectivity index (χ4v) is 5.80. The first kappa shape index (κ1) is 29.2. The third kappa shape index (κ3) is 7.87. The number of nitrogens with one attached hydrogen (secondary N) is 4. The van der Waals surface area contributed by atoms with Crippen LogP contribution in [0.15, 0.2) is 71.6 Å². The molecular weight excluding hydrogens is 528 g/mol. The SMILES string of the molecule is N=C(N)c1ccc(C[C@@H](NC(=O)CNCCNS(=O)(=O)c2ccc3ccccc3c2)C(=O)N2CCCCC2)cc1. The van der Waals surface area contributed by atoms with Gasteiger partial charge in [0.1, 0.15) is 11.9 Å². The summed E-state index contributed by atoms with van der Waals surface area (Å²) in [5.74, 6) is -0.508. The van der Waals surface area contributed by atoms with Crippen molar-refractivity contribution in [1.82, 2.24) is 20.3 Å². The van der Waals surface area contributed by atoms with Gasteiger partial charge in [-0.2, -0.15) is 0 Å². The van der Waals surface area contributed by atoms with Crippen molar-refractivity contribution in [2.45, 2.75) is 36.6 Å². The zero-order valence-corrected chi connectivity index (χ0v) is 23.2. The number of sulfonamides is 1. The average molecular weight is 565 g/mol. The van der Waals surface area contributed by atoms with Crippen molar-refractivity contribution >= 4 is 38.4 Å². The quantitative estimate of drug-likeness (QED) is 0.128. The van der Waals surface area contributed by atoms with Gasteiger partial charge in [-0.25, -0.2) is 13.1 Å². The number of amidine groups is 1. The van der Waals surface area contributed by atoms with Crippen molar-refractivity contribution in [3.8, 4) is 0 Å². The Morgan fingerprint density at radius 1 is 0.925 bits per heavy atom. The zero-order valence-electron chi connectivity index (χ0n) is 22.4. The Bertz CT molecular complexity index is 1450. The average Bonchev–Trinajstić information content (AvgIpc) is 2.96. The van der Waals surface area contributed by atoms with Crippen LogP contribution >= 0.6 is 0 Å². The van der Waals surface area contributed by atoms with Crippen molar-refractivity contribution in [3.63, 3.8) is 0 Å². The molecule has 0 unspecified atom stereocenters. The van der Waals surface area contributed by atoms with Gasteiger partial charge in [0.05, 0.1) is 11.4 Å². The lowest BCUT2D eigenvalue weighted by molar-refractivity contribution is -0.137. The second kappa shape index (κ2) is 13.5. The molecule has 3 aromatic carbocycles. The summed E-state index contributed by atoms with van der Waals surface area (Å²) in [7, 11) is -3.70. The minimum absolute atomic E-state index is 0.0357. The summed E-state index contributed by atoms with van der Waals surface area (Å²) in [6.07, 6.45) is 3.28. The van der Waals surface area contributed by atoms with Gasteiger partial charge in [-0.15, -0.1) is 0 Å². The number of benzene rings is 3. The molecule has 0 radical (unpaired) electrons. The van der Waals surface area contributed by atoms with E-state index in [1.165, 1.54) is 0 Å². The number of carbonyl (C=O) groups excluding carboxylic acids is 2. The highest BCUT2D eigenvalue weighted by atomic mass is 32.2. The molecule has 1 atom stereocenters. The molecule has 1 saturated heterocycles. The molecule has 3 aromatic rings. The number of carbonyl (C=O) groups is 2. The molecule has 0 spiro atoms. The van der Waals surface area contributed by atoms with E-state index in [9.17, 15) is 18.0 Å². The van der Waals surface area contributed by atoms with Crippen LogP contribution in [-0.4, -0.2) is 69.7 Å². The number of nitrogen functional groups attached to an aromatic ring is 1. The first-order valence-corrected chi connectivity index (χ1v) is 14.9. The topological polar surface area (TPSA) is 157 Å². The van der Waals surface area contributed by atoms with Crippen LogP contribution < -0.4 is 21.1 Å². The summed E-state index contributed by atoms with van der Waals surface area (Å²) in [6.45, 7) is 1.61. The molecule has 212 valence electrons. The lowest BCUT2D eigenvalue weighted by atomic mass is 10.0. The third-order valence-electron chi connectivity index (χ3n) is 6.92. The van der Waals surface area contributed by atoms with E-state index >= 15 is 0 Å². The minimum atomic E-state index is -3.70. The van der Waals surface area contributed by atoms with E-state index < -0.39 is 16.1 Å². The summed E-state index contributed by atoms with van der Waals surface area (Å²) in [6, 6.07) is 18.8. The van der Waals surface area contributed by atoms with E-state index in [4.69, 9.17) is 11.1 Å². The van der Waals surface area contributed by atoms with Gasteiger partial charge in [-0.05, 0) is 47.7 Å². The Morgan fingerprint density at radius 3 is 2.33 bits per heavy atom. The molecule has 40 heavy (non-hydrogen) atoms. The summed E-state index contributed by atoms with van der Waals surface area (Å²) < 4.78 is 27.9. The number of nitrogens with zero attached hydrogens (tertiary/aromatic N) is 1. The molecule has 11 heteroatoms. The molecule has 0 aliphatic carbocycles. The van der Waals surface area contributed by atoms with Crippen molar-refractivity contribution in [3.05, 3.63) is 77.9 Å². The Balaban J connectivity index is 1.29. The predicted octanol–water partition coefficient (Wildman–Crippen LogP) is 1.73. The highest BCUT2D eigenvalue weighted by molar-refractivity contribution is 7.89. The molecule has 2 amide bonds. The summed E-state index contributed by atoms with van der Waals surface area (Å²) >= 11 is 0. The standard InChI is InChI=1S/C29H36N6O4S/c30-28(31)23-10-8-21(9-11-23)18-26(29(37)35-16-4-1-5-17-35)34-27(36)20-32-14-15-33-40(38,39)25-13-12-22-6-2-3-7-24(22)19-25/h2-3,6-13,19,26,32-33H,1,4-5,14-18,20H2,(H3,30,31)(H,34,36)/t26-/m1/s1. The van der Waals surface area contributed by atoms with Gasteiger partial charge in [-0.3, -0.25) is 15.0 Å². The first-order chi connectivity index (χ1) is 19.2. The number of nitrogens with two attached hydrogens (primary N) is 1. The molecule has 1 aliphatic rings. The van der Waals surface area contributed by atoms with Crippen LogP contribution in [0.3, 0.4) is 0 Å². The van der Waals surface area contributed by atoms with Crippen LogP contribution in [0.25, 0.3) is 10.8 Å². The molecule has 0 aromatic heterocycles. The van der Waals surface area contributed by atoms with Gasteiger partial charge < -0.3 is 21.3 Å². The molecule has 10 nitrogen and oxygen atoms in total. The summed E-state index contributed by atoms with van der Waals surface area (Å²) in [5.41, 5.74) is 6.97. The van der Waals surface area contributed by atoms with Crippen LogP contribution in [-0.2, 0) is 26.0 Å². The van der Waals surface area contributed by atoms with E-state index in [1.54, 1.807) is 47.4 Å². The van der Waals surface area contributed by atoms with Gasteiger partial charge in [0.15, 0.2) is 0 Å². The lowest BCUT2D eigenvalue weighted by Gasteiger charge is -2.31. The van der Waals surface area contributed by atoms with Crippen LogP contribution in [0, 0.1) is 5.41 Å². The maximum absolute atomic E-state index is 13.3. The van der Waals surface area contributed by atoms with Crippen molar-refractivity contribution in [2.75, 3.05) is 32.7 Å². The van der Waals surface area contributed by atoms with Gasteiger partial charge in [0.2, 0.25) is 21.8 Å². The van der Waals surface area contributed by atoms with Crippen molar-refractivity contribution < 1.29 is 18.0 Å². The molecule has 0 saturated carbocycles. The second-order valence-electron chi connectivity index (χ2n) is 9.90. The minimum Gasteiger partial charge on any atom is -0.384 e. The number of piperidine rings is 1. The molecule has 0 bridgehead atoms. The predicted molar refractivity (Wildman–Crippen MR) is 156 cm³/mol. The van der Waals surface area contributed by atoms with Gasteiger partial charge in [0, 0.05) is 38.2 Å². The van der Waals surface area contributed by atoms with Gasteiger partial charge >= 0.3 is 0 Å². The lowest BCUT2D eigenvalue weighted by Crippen LogP contribution is -2.52. The van der Waals surface area contributed by atoms with Gasteiger partial charge in [0.25, 0.3) is 0 Å². The third-order valence-corrected chi connectivity index (χ3v) is 8.38. The van der Waals surface area contributed by atoms with Crippen molar-refractivity contribution in [1.29, 1.82) is 5.41 Å². The van der Waals surface area contributed by atoms with Gasteiger partial charge in [-0.1, -0.05) is 54.6 Å². The fourth-order valence-electron chi connectivity index (χ4n) is 4.73. The zero-order chi connectivity index (χ0) is 28.5. The second-order valence-corrected chi connectivity index (χ2v) is 11.7. The van der Waals surface area contributed by atoms with Crippen molar-refractivity contribution in [2.24, 2.45) is 5.73 Å². The van der Waals surface area contributed by atoms with Crippen LogP contribution in [0.1, 0.15) is 30.4 Å². The maximum atomic E-state index is 13.3. The van der Waals surface area contributed by atoms with E-state index in [0.29, 0.717) is 25.1 Å². The van der Waals surface area contributed by atoms with E-state index in [0.717, 1.165) is 35.6 Å². The fraction of sp³-hybridized carbons (Fsp3) is 0.345.